The zero-order valence-corrected chi connectivity index (χ0v) is 10.2. The van der Waals surface area contributed by atoms with Crippen molar-refractivity contribution in [2.24, 2.45) is 0 Å². The van der Waals surface area contributed by atoms with Crippen molar-refractivity contribution < 1.29 is 4.74 Å². The molecule has 0 radical (unpaired) electrons. The van der Waals surface area contributed by atoms with Gasteiger partial charge >= 0.3 is 0 Å². The molecule has 90 valence electrons. The molecule has 1 aromatic heterocycles. The Morgan fingerprint density at radius 2 is 2.38 bits per heavy atom. The molecule has 1 aromatic rings. The third kappa shape index (κ3) is 3.06. The molecule has 0 amide bonds. The zero-order chi connectivity index (χ0) is 11.4. The lowest BCUT2D eigenvalue weighted by Gasteiger charge is -2.06. The van der Waals surface area contributed by atoms with Crippen LogP contribution in [-0.4, -0.2) is 29.0 Å². The van der Waals surface area contributed by atoms with Crippen molar-refractivity contribution in [3.63, 3.8) is 0 Å². The summed E-state index contributed by atoms with van der Waals surface area (Å²) in [5, 5.41) is 7.89. The Kier molecular flexibility index (Phi) is 3.96. The van der Waals surface area contributed by atoms with Crippen LogP contribution in [0, 0.1) is 6.92 Å². The highest BCUT2D eigenvalue weighted by Crippen LogP contribution is 2.19. The third-order valence-electron chi connectivity index (χ3n) is 3.01. The first kappa shape index (κ1) is 11.6. The summed E-state index contributed by atoms with van der Waals surface area (Å²) in [6.45, 7) is 7.46. The van der Waals surface area contributed by atoms with Crippen LogP contribution in [0.3, 0.4) is 0 Å². The molecule has 0 atom stereocenters. The molecule has 1 aliphatic carbocycles. The topological polar surface area (TPSA) is 39.1 Å². The van der Waals surface area contributed by atoms with Crippen LogP contribution < -0.4 is 5.32 Å². The van der Waals surface area contributed by atoms with Crippen molar-refractivity contribution in [3.05, 3.63) is 17.5 Å². The van der Waals surface area contributed by atoms with E-state index in [4.69, 9.17) is 4.74 Å². The van der Waals surface area contributed by atoms with Gasteiger partial charge < -0.3 is 10.1 Å². The van der Waals surface area contributed by atoms with Gasteiger partial charge in [-0.25, -0.2) is 0 Å². The Morgan fingerprint density at radius 1 is 1.56 bits per heavy atom. The van der Waals surface area contributed by atoms with E-state index in [9.17, 15) is 0 Å². The van der Waals surface area contributed by atoms with Crippen molar-refractivity contribution in [2.75, 3.05) is 13.2 Å². The van der Waals surface area contributed by atoms with Crippen LogP contribution in [0.15, 0.2) is 6.20 Å². The van der Waals surface area contributed by atoms with E-state index in [1.54, 1.807) is 0 Å². The van der Waals surface area contributed by atoms with E-state index >= 15 is 0 Å². The maximum atomic E-state index is 5.33. The van der Waals surface area contributed by atoms with Crippen molar-refractivity contribution in [1.82, 2.24) is 15.1 Å². The second-order valence-corrected chi connectivity index (χ2v) is 4.33. The minimum Gasteiger partial charge on any atom is -0.380 e. The lowest BCUT2D eigenvalue weighted by atomic mass is 10.2. The molecular weight excluding hydrogens is 202 g/mol. The fraction of sp³-hybridized carbons (Fsp3) is 0.750. The van der Waals surface area contributed by atoms with Gasteiger partial charge in [-0.15, -0.1) is 0 Å². The molecule has 1 N–H and O–H groups in total. The van der Waals surface area contributed by atoms with Crippen molar-refractivity contribution in [3.8, 4) is 0 Å². The van der Waals surface area contributed by atoms with Crippen LogP contribution in [0.5, 0.6) is 0 Å². The highest BCUT2D eigenvalue weighted by atomic mass is 16.5. The first-order chi connectivity index (χ1) is 7.81. The average Bonchev–Trinajstić information content (AvgIpc) is 3.04. The summed E-state index contributed by atoms with van der Waals surface area (Å²) in [7, 11) is 0. The SMILES string of the molecule is CCOCCn1ncc(CNC2CC2)c1C. The summed E-state index contributed by atoms with van der Waals surface area (Å²) >= 11 is 0. The fourth-order valence-corrected chi connectivity index (χ4v) is 1.72. The Labute approximate surface area is 97.0 Å². The summed E-state index contributed by atoms with van der Waals surface area (Å²) in [6.07, 6.45) is 4.63. The van der Waals surface area contributed by atoms with E-state index in [2.05, 4.69) is 17.3 Å². The predicted octanol–water partition coefficient (Wildman–Crippen LogP) is 1.48. The van der Waals surface area contributed by atoms with E-state index < -0.39 is 0 Å². The van der Waals surface area contributed by atoms with E-state index in [0.717, 1.165) is 32.3 Å². The molecule has 4 nitrogen and oxygen atoms in total. The number of rotatable bonds is 7. The number of aromatic nitrogens is 2. The lowest BCUT2D eigenvalue weighted by molar-refractivity contribution is 0.136. The van der Waals surface area contributed by atoms with Gasteiger partial charge in [0, 0.05) is 30.5 Å². The summed E-state index contributed by atoms with van der Waals surface area (Å²) in [5.41, 5.74) is 2.57. The molecular formula is C12H21N3O. The maximum Gasteiger partial charge on any atom is 0.0662 e. The number of nitrogens with one attached hydrogen (secondary N) is 1. The van der Waals surface area contributed by atoms with Gasteiger partial charge in [-0.2, -0.15) is 5.10 Å². The summed E-state index contributed by atoms with van der Waals surface area (Å²) < 4.78 is 7.36. The molecule has 1 heterocycles. The second-order valence-electron chi connectivity index (χ2n) is 4.33. The number of ether oxygens (including phenoxy) is 1. The molecule has 0 spiro atoms. The molecule has 4 heteroatoms. The standard InChI is InChI=1S/C12H21N3O/c1-3-16-7-6-15-10(2)11(9-14-15)8-13-12-4-5-12/h9,12-13H,3-8H2,1-2H3. The van der Waals surface area contributed by atoms with Crippen molar-refractivity contribution >= 4 is 0 Å². The van der Waals surface area contributed by atoms with Crippen LogP contribution in [-0.2, 0) is 17.8 Å². The van der Waals surface area contributed by atoms with Gasteiger partial charge in [-0.1, -0.05) is 0 Å². The van der Waals surface area contributed by atoms with E-state index in [1.165, 1.54) is 24.1 Å². The van der Waals surface area contributed by atoms with E-state index in [-0.39, 0.29) is 0 Å². The van der Waals surface area contributed by atoms with Crippen molar-refractivity contribution in [2.45, 2.75) is 45.8 Å². The predicted molar refractivity (Wildman–Crippen MR) is 63.3 cm³/mol. The molecule has 0 aliphatic heterocycles. The van der Waals surface area contributed by atoms with Gasteiger partial charge in [0.2, 0.25) is 0 Å². The number of nitrogens with zero attached hydrogens (tertiary/aromatic N) is 2. The van der Waals surface area contributed by atoms with Crippen LogP contribution in [0.1, 0.15) is 31.0 Å². The summed E-state index contributed by atoms with van der Waals surface area (Å²) in [5.74, 6) is 0. The second kappa shape index (κ2) is 5.46. The minimum atomic E-state index is 0.745. The van der Waals surface area contributed by atoms with Crippen LogP contribution in [0.4, 0.5) is 0 Å². The first-order valence-electron chi connectivity index (χ1n) is 6.13. The highest BCUT2D eigenvalue weighted by molar-refractivity contribution is 5.16. The van der Waals surface area contributed by atoms with Gasteiger partial charge in [0.15, 0.2) is 0 Å². The Bertz CT molecular complexity index is 331. The number of hydrogen-bond acceptors (Lipinski definition) is 3. The maximum absolute atomic E-state index is 5.33. The Balaban J connectivity index is 1.83. The normalized spacial score (nSPS) is 15.6. The fourth-order valence-electron chi connectivity index (χ4n) is 1.72. The summed E-state index contributed by atoms with van der Waals surface area (Å²) in [6, 6.07) is 0.756. The average molecular weight is 223 g/mol. The molecule has 1 aliphatic rings. The quantitative estimate of drug-likeness (QED) is 0.712. The molecule has 0 unspecified atom stereocenters. The Hall–Kier alpha value is -0.870. The van der Waals surface area contributed by atoms with Crippen LogP contribution in [0.2, 0.25) is 0 Å². The molecule has 2 rings (SSSR count). The molecule has 1 fully saturated rings. The molecule has 0 saturated heterocycles. The third-order valence-corrected chi connectivity index (χ3v) is 3.01. The Morgan fingerprint density at radius 3 is 3.06 bits per heavy atom. The molecule has 0 bridgehead atoms. The number of hydrogen-bond donors (Lipinski definition) is 1. The van der Waals surface area contributed by atoms with Crippen LogP contribution >= 0.6 is 0 Å². The van der Waals surface area contributed by atoms with E-state index in [0.29, 0.717) is 0 Å². The highest BCUT2D eigenvalue weighted by Gasteiger charge is 2.20. The van der Waals surface area contributed by atoms with Gasteiger partial charge in [0.25, 0.3) is 0 Å². The zero-order valence-electron chi connectivity index (χ0n) is 10.2. The smallest absolute Gasteiger partial charge is 0.0662 e. The first-order valence-corrected chi connectivity index (χ1v) is 6.13. The monoisotopic (exact) mass is 223 g/mol. The largest absolute Gasteiger partial charge is 0.380 e. The van der Waals surface area contributed by atoms with Gasteiger partial charge in [0.05, 0.1) is 19.3 Å². The molecule has 16 heavy (non-hydrogen) atoms. The van der Waals surface area contributed by atoms with E-state index in [1.807, 2.05) is 17.8 Å². The van der Waals surface area contributed by atoms with Gasteiger partial charge in [-0.3, -0.25) is 4.68 Å². The molecule has 1 saturated carbocycles. The van der Waals surface area contributed by atoms with Crippen molar-refractivity contribution in [1.29, 1.82) is 0 Å². The van der Waals surface area contributed by atoms with Gasteiger partial charge in [0.1, 0.15) is 0 Å². The lowest BCUT2D eigenvalue weighted by Crippen LogP contribution is -2.16. The minimum absolute atomic E-state index is 0.745. The van der Waals surface area contributed by atoms with Crippen LogP contribution in [0.25, 0.3) is 0 Å². The molecule has 0 aromatic carbocycles. The summed E-state index contributed by atoms with van der Waals surface area (Å²) in [4.78, 5) is 0. The van der Waals surface area contributed by atoms with Gasteiger partial charge in [-0.05, 0) is 26.7 Å².